The van der Waals surface area contributed by atoms with Crippen LogP contribution in [-0.2, 0) is 9.53 Å². The Kier molecular flexibility index (Phi) is 5.55. The molecule has 2 atom stereocenters. The zero-order valence-electron chi connectivity index (χ0n) is 13.4. The molecule has 110 valence electrons. The summed E-state index contributed by atoms with van der Waals surface area (Å²) < 4.78 is 5.64. The van der Waals surface area contributed by atoms with Crippen LogP contribution in [0.1, 0.15) is 53.2 Å². The Morgan fingerprint density at radius 3 is 2.15 bits per heavy atom. The highest BCUT2D eigenvalue weighted by Crippen LogP contribution is 2.31. The fraction of sp³-hybridized carbons (Fsp3) is 0.500. The summed E-state index contributed by atoms with van der Waals surface area (Å²) in [5, 5.41) is 0. The van der Waals surface area contributed by atoms with Crippen LogP contribution in [0, 0.1) is 11.3 Å². The van der Waals surface area contributed by atoms with Crippen LogP contribution in [0.4, 0.5) is 0 Å². The summed E-state index contributed by atoms with van der Waals surface area (Å²) >= 11 is 0. The summed E-state index contributed by atoms with van der Waals surface area (Å²) in [5.74, 6) is -0.381. The van der Waals surface area contributed by atoms with Gasteiger partial charge < -0.3 is 4.74 Å². The molecule has 2 heteroatoms. The second-order valence-electron chi connectivity index (χ2n) is 6.58. The SMILES string of the molecule is CC(C)=CC(C(=O)OC(C)c1ccccc1)C(C)(C)C. The molecule has 0 radical (unpaired) electrons. The van der Waals surface area contributed by atoms with Gasteiger partial charge in [-0.25, -0.2) is 0 Å². The molecule has 0 saturated carbocycles. The maximum Gasteiger partial charge on any atom is 0.313 e. The van der Waals surface area contributed by atoms with Crippen LogP contribution in [0.5, 0.6) is 0 Å². The quantitative estimate of drug-likeness (QED) is 0.575. The van der Waals surface area contributed by atoms with Gasteiger partial charge >= 0.3 is 5.97 Å². The maximum atomic E-state index is 12.4. The number of rotatable bonds is 4. The third-order valence-electron chi connectivity index (χ3n) is 3.25. The van der Waals surface area contributed by atoms with E-state index in [0.29, 0.717) is 0 Å². The smallest absolute Gasteiger partial charge is 0.313 e. The van der Waals surface area contributed by atoms with Crippen molar-refractivity contribution in [3.8, 4) is 0 Å². The van der Waals surface area contributed by atoms with E-state index in [0.717, 1.165) is 11.1 Å². The van der Waals surface area contributed by atoms with Gasteiger partial charge in [0.25, 0.3) is 0 Å². The largest absolute Gasteiger partial charge is 0.457 e. The second kappa shape index (κ2) is 6.74. The lowest BCUT2D eigenvalue weighted by atomic mass is 9.80. The van der Waals surface area contributed by atoms with E-state index in [4.69, 9.17) is 4.74 Å². The second-order valence-corrected chi connectivity index (χ2v) is 6.58. The van der Waals surface area contributed by atoms with Gasteiger partial charge in [0.05, 0.1) is 5.92 Å². The Morgan fingerprint density at radius 2 is 1.70 bits per heavy atom. The third-order valence-corrected chi connectivity index (χ3v) is 3.25. The molecule has 1 aromatic rings. The maximum absolute atomic E-state index is 12.4. The molecule has 0 heterocycles. The lowest BCUT2D eigenvalue weighted by Crippen LogP contribution is -2.29. The van der Waals surface area contributed by atoms with E-state index >= 15 is 0 Å². The molecule has 0 aliphatic carbocycles. The highest BCUT2D eigenvalue weighted by atomic mass is 16.5. The molecular formula is C18H26O2. The van der Waals surface area contributed by atoms with E-state index in [2.05, 4.69) is 20.8 Å². The van der Waals surface area contributed by atoms with Crippen molar-refractivity contribution in [2.45, 2.75) is 47.6 Å². The molecule has 0 aliphatic rings. The van der Waals surface area contributed by atoms with Gasteiger partial charge in [0, 0.05) is 0 Å². The molecule has 0 spiro atoms. The number of hydrogen-bond acceptors (Lipinski definition) is 2. The normalized spacial score (nSPS) is 14.3. The summed E-state index contributed by atoms with van der Waals surface area (Å²) in [6.45, 7) is 12.1. The van der Waals surface area contributed by atoms with E-state index in [9.17, 15) is 4.79 Å². The molecule has 0 amide bonds. The minimum absolute atomic E-state index is 0.148. The first-order valence-corrected chi connectivity index (χ1v) is 7.12. The summed E-state index contributed by atoms with van der Waals surface area (Å²) in [5.41, 5.74) is 2.00. The Balaban J connectivity index is 2.85. The average Bonchev–Trinajstić information content (AvgIpc) is 2.35. The van der Waals surface area contributed by atoms with Crippen molar-refractivity contribution in [1.29, 1.82) is 0 Å². The average molecular weight is 274 g/mol. The van der Waals surface area contributed by atoms with Crippen LogP contribution in [0.25, 0.3) is 0 Å². The molecule has 0 aromatic heterocycles. The number of carbonyl (C=O) groups excluding carboxylic acids is 1. The van der Waals surface area contributed by atoms with E-state index in [1.165, 1.54) is 0 Å². The van der Waals surface area contributed by atoms with Gasteiger partial charge in [-0.15, -0.1) is 0 Å². The Hall–Kier alpha value is -1.57. The Labute approximate surface area is 122 Å². The van der Waals surface area contributed by atoms with Crippen LogP contribution in [0.3, 0.4) is 0 Å². The van der Waals surface area contributed by atoms with Gasteiger partial charge in [0.1, 0.15) is 6.10 Å². The van der Waals surface area contributed by atoms with Gasteiger partial charge in [-0.3, -0.25) is 4.79 Å². The first kappa shape index (κ1) is 16.5. The molecule has 1 aromatic carbocycles. The van der Waals surface area contributed by atoms with Gasteiger partial charge in [0.15, 0.2) is 0 Å². The standard InChI is InChI=1S/C18H26O2/c1-13(2)12-16(18(4,5)6)17(19)20-14(3)15-10-8-7-9-11-15/h7-12,14,16H,1-6H3. The highest BCUT2D eigenvalue weighted by molar-refractivity contribution is 5.75. The molecule has 0 fully saturated rings. The van der Waals surface area contributed by atoms with Crippen LogP contribution >= 0.6 is 0 Å². The third kappa shape index (κ3) is 4.84. The highest BCUT2D eigenvalue weighted by Gasteiger charge is 2.31. The van der Waals surface area contributed by atoms with Crippen molar-refractivity contribution in [3.63, 3.8) is 0 Å². The zero-order valence-corrected chi connectivity index (χ0v) is 13.4. The number of benzene rings is 1. The monoisotopic (exact) mass is 274 g/mol. The Morgan fingerprint density at radius 1 is 1.15 bits per heavy atom. The fourth-order valence-corrected chi connectivity index (χ4v) is 2.04. The summed E-state index contributed by atoms with van der Waals surface area (Å²) in [7, 11) is 0. The Bertz CT molecular complexity index is 462. The lowest BCUT2D eigenvalue weighted by Gasteiger charge is -2.28. The van der Waals surface area contributed by atoms with E-state index < -0.39 is 0 Å². The van der Waals surface area contributed by atoms with Crippen LogP contribution in [0.2, 0.25) is 0 Å². The molecule has 20 heavy (non-hydrogen) atoms. The zero-order chi connectivity index (χ0) is 15.3. The molecule has 1 rings (SSSR count). The van der Waals surface area contributed by atoms with E-state index in [-0.39, 0.29) is 23.4 Å². The molecule has 2 nitrogen and oxygen atoms in total. The lowest BCUT2D eigenvalue weighted by molar-refractivity contribution is -0.155. The molecule has 0 bridgehead atoms. The summed E-state index contributed by atoms with van der Waals surface area (Å²) in [6.07, 6.45) is 1.78. The van der Waals surface area contributed by atoms with Crippen molar-refractivity contribution in [1.82, 2.24) is 0 Å². The minimum Gasteiger partial charge on any atom is -0.457 e. The molecule has 2 unspecified atom stereocenters. The van der Waals surface area contributed by atoms with Crippen molar-refractivity contribution in [3.05, 3.63) is 47.5 Å². The van der Waals surface area contributed by atoms with Gasteiger partial charge in [-0.05, 0) is 31.7 Å². The summed E-state index contributed by atoms with van der Waals surface area (Å²) in [4.78, 5) is 12.4. The topological polar surface area (TPSA) is 26.3 Å². The van der Waals surface area contributed by atoms with Gasteiger partial charge in [0.2, 0.25) is 0 Å². The van der Waals surface area contributed by atoms with Gasteiger partial charge in [-0.1, -0.05) is 62.8 Å². The van der Waals surface area contributed by atoms with Crippen LogP contribution in [-0.4, -0.2) is 5.97 Å². The van der Waals surface area contributed by atoms with E-state index in [1.807, 2.05) is 57.2 Å². The fourth-order valence-electron chi connectivity index (χ4n) is 2.04. The number of ether oxygens (including phenoxy) is 1. The van der Waals surface area contributed by atoms with Crippen molar-refractivity contribution in [2.75, 3.05) is 0 Å². The van der Waals surface area contributed by atoms with Crippen LogP contribution in [0.15, 0.2) is 42.0 Å². The molecular weight excluding hydrogens is 248 g/mol. The molecule has 0 N–H and O–H groups in total. The van der Waals surface area contributed by atoms with Crippen molar-refractivity contribution in [2.24, 2.45) is 11.3 Å². The predicted octanol–water partition coefficient (Wildman–Crippen LogP) is 4.92. The predicted molar refractivity (Wildman–Crippen MR) is 83.3 cm³/mol. The van der Waals surface area contributed by atoms with Crippen molar-refractivity contribution >= 4 is 5.97 Å². The number of allylic oxidation sites excluding steroid dienone is 1. The van der Waals surface area contributed by atoms with Crippen molar-refractivity contribution < 1.29 is 9.53 Å². The minimum atomic E-state index is -0.223. The number of carbonyl (C=O) groups is 1. The first-order valence-electron chi connectivity index (χ1n) is 7.12. The van der Waals surface area contributed by atoms with Gasteiger partial charge in [-0.2, -0.15) is 0 Å². The van der Waals surface area contributed by atoms with E-state index in [1.54, 1.807) is 0 Å². The molecule has 0 aliphatic heterocycles. The number of hydrogen-bond donors (Lipinski definition) is 0. The number of esters is 1. The first-order chi connectivity index (χ1) is 9.21. The molecule has 0 saturated heterocycles. The van der Waals surface area contributed by atoms with Crippen LogP contribution < -0.4 is 0 Å². The summed E-state index contributed by atoms with van der Waals surface area (Å²) in [6, 6.07) is 9.82.